The summed E-state index contributed by atoms with van der Waals surface area (Å²) in [7, 11) is 14.5. The van der Waals surface area contributed by atoms with Gasteiger partial charge in [0.05, 0.1) is 28.2 Å². The zero-order valence-corrected chi connectivity index (χ0v) is 46.4. The van der Waals surface area contributed by atoms with Crippen LogP contribution in [0.5, 0.6) is 0 Å². The quantitative estimate of drug-likeness (QED) is 0.0398. The topological polar surface area (TPSA) is 86.6 Å². The monoisotopic (exact) mass is 992 g/mol. The molecule has 0 fully saturated rings. The SMILES string of the molecule is CCO[C@@H](C)C(C)C.CC[C@H](SSC)C(C)C.CSS[C@@H](CN=C=S)C(C)C.CSS[C@@H](COC(=O)OCN=C=S)C(C)C.CSS[C@@H](CSC(C)=O)C(C)C. The van der Waals surface area contributed by atoms with Gasteiger partial charge in [-0.1, -0.05) is 174 Å². The van der Waals surface area contributed by atoms with Crippen LogP contribution in [-0.4, -0.2) is 106 Å². The fourth-order valence-electron chi connectivity index (χ4n) is 3.25. The predicted octanol–water partition coefficient (Wildman–Crippen LogP) is 15.2. The molecule has 0 unspecified atom stereocenters. The summed E-state index contributed by atoms with van der Waals surface area (Å²) in [6, 6.07) is 0. The molecule has 0 saturated carbocycles. The molecule has 0 amide bonds. The molecule has 0 spiro atoms. The van der Waals surface area contributed by atoms with Crippen LogP contribution in [0, 0.1) is 29.6 Å². The summed E-state index contributed by atoms with van der Waals surface area (Å²) in [5, 5.41) is 6.99. The molecule has 0 aliphatic heterocycles. The highest BCUT2D eigenvalue weighted by atomic mass is 33.1. The van der Waals surface area contributed by atoms with E-state index in [1.807, 2.05) is 56.4 Å². The molecule has 0 radical (unpaired) electrons. The van der Waals surface area contributed by atoms with Crippen molar-refractivity contribution in [3.63, 3.8) is 0 Å². The number of thioether (sulfide) groups is 1. The average molecular weight is 994 g/mol. The van der Waals surface area contributed by atoms with Gasteiger partial charge in [-0.25, -0.2) is 9.79 Å². The zero-order valence-electron chi connectivity index (χ0n) is 37.4. The van der Waals surface area contributed by atoms with Crippen LogP contribution in [-0.2, 0) is 19.0 Å². The van der Waals surface area contributed by atoms with Gasteiger partial charge in [0.1, 0.15) is 6.61 Å². The van der Waals surface area contributed by atoms with E-state index in [1.165, 1.54) is 18.2 Å². The Balaban J connectivity index is -0.000000198. The Morgan fingerprint density at radius 3 is 1.36 bits per heavy atom. The van der Waals surface area contributed by atoms with Gasteiger partial charge in [-0.05, 0) is 99.3 Å². The number of nitrogens with zero attached hydrogens (tertiary/aromatic N) is 2. The average Bonchev–Trinajstić information content (AvgIpc) is 3.13. The first-order valence-electron chi connectivity index (χ1n) is 18.7. The molecule has 0 aliphatic carbocycles. The van der Waals surface area contributed by atoms with Crippen LogP contribution < -0.4 is 0 Å². The zero-order chi connectivity index (χ0) is 44.5. The molecule has 56 heavy (non-hydrogen) atoms. The van der Waals surface area contributed by atoms with Crippen LogP contribution in [0.25, 0.3) is 0 Å². The van der Waals surface area contributed by atoms with E-state index in [4.69, 9.17) is 9.47 Å². The normalized spacial score (nSPS) is 13.1. The van der Waals surface area contributed by atoms with E-state index < -0.39 is 6.16 Å². The van der Waals surface area contributed by atoms with Gasteiger partial charge in [-0.15, -0.1) is 0 Å². The third kappa shape index (κ3) is 50.0. The second-order valence-electron chi connectivity index (χ2n) is 13.3. The molecule has 0 aromatic rings. The summed E-state index contributed by atoms with van der Waals surface area (Å²) in [6.07, 6.45) is 9.30. The molecule has 5 atom stereocenters. The van der Waals surface area contributed by atoms with Crippen LogP contribution in [0.1, 0.15) is 103 Å². The van der Waals surface area contributed by atoms with Gasteiger partial charge in [0, 0.05) is 35.0 Å². The number of thiocarbonyl (C=S) groups is 2. The lowest BCUT2D eigenvalue weighted by molar-refractivity contribution is -0.109. The maximum Gasteiger partial charge on any atom is 0.510 e. The van der Waals surface area contributed by atoms with Gasteiger partial charge in [0.15, 0.2) is 11.8 Å². The minimum absolute atomic E-state index is 0.135. The molecule has 334 valence electrons. The highest BCUT2D eigenvalue weighted by Crippen LogP contribution is 2.32. The molecule has 0 saturated heterocycles. The number of carbonyl (C=O) groups excluding carboxylic acids is 2. The first-order valence-corrected chi connectivity index (χ1v) is 31.0. The van der Waals surface area contributed by atoms with Crippen molar-refractivity contribution >= 4 is 144 Å². The summed E-state index contributed by atoms with van der Waals surface area (Å²) in [4.78, 5) is 29.2. The predicted molar refractivity (Wildman–Crippen MR) is 281 cm³/mol. The van der Waals surface area contributed by atoms with E-state index >= 15 is 0 Å². The number of carbonyl (C=O) groups is 2. The third-order valence-electron chi connectivity index (χ3n) is 7.09. The Labute approximate surface area is 391 Å². The van der Waals surface area contributed by atoms with E-state index in [9.17, 15) is 9.59 Å². The Morgan fingerprint density at radius 2 is 1.04 bits per heavy atom. The number of ether oxygens (including phenoxy) is 3. The number of hydrogen-bond donors (Lipinski definition) is 0. The van der Waals surface area contributed by atoms with Crippen LogP contribution in [0.2, 0.25) is 0 Å². The van der Waals surface area contributed by atoms with Crippen LogP contribution in [0.4, 0.5) is 4.79 Å². The molecule has 0 bridgehead atoms. The van der Waals surface area contributed by atoms with E-state index in [1.54, 1.807) is 50.1 Å². The molecule has 7 nitrogen and oxygen atoms in total. The first-order chi connectivity index (χ1) is 26.3. The van der Waals surface area contributed by atoms with Gasteiger partial charge in [-0.3, -0.25) is 4.79 Å². The Bertz CT molecular complexity index is 986. The van der Waals surface area contributed by atoms with Crippen molar-refractivity contribution in [2.75, 3.05) is 57.3 Å². The van der Waals surface area contributed by atoms with Crippen molar-refractivity contribution in [2.24, 2.45) is 39.6 Å². The summed E-state index contributed by atoms with van der Waals surface area (Å²) >= 11 is 10.3. The minimum atomic E-state index is -0.721. The number of aliphatic imine (C=N–C) groups is 2. The van der Waals surface area contributed by atoms with Crippen molar-refractivity contribution in [3.8, 4) is 0 Å². The van der Waals surface area contributed by atoms with Crippen molar-refractivity contribution < 1.29 is 23.8 Å². The van der Waals surface area contributed by atoms with Gasteiger partial charge in [0.25, 0.3) is 0 Å². The largest absolute Gasteiger partial charge is 0.510 e. The van der Waals surface area contributed by atoms with Crippen molar-refractivity contribution in [1.82, 2.24) is 0 Å². The molecule has 0 N–H and O–H groups in total. The minimum Gasteiger partial charge on any atom is -0.433 e. The smallest absolute Gasteiger partial charge is 0.433 e. The molecular formula is C38H76N2O5S11. The van der Waals surface area contributed by atoms with Crippen molar-refractivity contribution in [1.29, 1.82) is 0 Å². The molecule has 0 aromatic carbocycles. The lowest BCUT2D eigenvalue weighted by Gasteiger charge is -2.18. The molecule has 0 aliphatic rings. The Morgan fingerprint density at radius 1 is 0.607 bits per heavy atom. The summed E-state index contributed by atoms with van der Waals surface area (Å²) in [5.41, 5.74) is 0. The maximum atomic E-state index is 11.1. The maximum absolute atomic E-state index is 11.1. The summed E-state index contributed by atoms with van der Waals surface area (Å²) in [5.74, 6) is 4.15. The van der Waals surface area contributed by atoms with Crippen molar-refractivity contribution in [2.45, 2.75) is 130 Å². The van der Waals surface area contributed by atoms with E-state index in [0.29, 0.717) is 46.9 Å². The molecule has 18 heteroatoms. The number of isothiocyanates is 2. The first kappa shape index (κ1) is 66.7. The molecule has 0 rings (SSSR count). The fourth-order valence-corrected chi connectivity index (χ4v) is 13.7. The number of hydrogen-bond acceptors (Lipinski definition) is 18. The third-order valence-corrected chi connectivity index (χ3v) is 18.5. The van der Waals surface area contributed by atoms with E-state index in [-0.39, 0.29) is 17.1 Å². The molecule has 0 heterocycles. The molecule has 0 aromatic heterocycles. The fraction of sp³-hybridized carbons (Fsp3) is 0.895. The van der Waals surface area contributed by atoms with Gasteiger partial charge >= 0.3 is 6.16 Å². The van der Waals surface area contributed by atoms with Crippen LogP contribution in [0.15, 0.2) is 9.98 Å². The van der Waals surface area contributed by atoms with Gasteiger partial charge in [0.2, 0.25) is 0 Å². The number of rotatable bonds is 24. The highest BCUT2D eigenvalue weighted by Gasteiger charge is 2.17. The van der Waals surface area contributed by atoms with Gasteiger partial charge < -0.3 is 14.2 Å². The van der Waals surface area contributed by atoms with Crippen LogP contribution in [0.3, 0.4) is 0 Å². The van der Waals surface area contributed by atoms with Gasteiger partial charge in [-0.2, -0.15) is 4.99 Å². The van der Waals surface area contributed by atoms with Crippen molar-refractivity contribution in [3.05, 3.63) is 0 Å². The second kappa shape index (κ2) is 49.3. The standard InChI is InChI=1S/C9H15NO3S3.C8H16OS3.C7H13NS3.C7H16O.C7H16S2/c1-7(2)8(16-15-3)4-12-9(11)13-5-10-6-14;1-6(2)8(12-10-4)5-11-7(3)9;1-6(2)7(11-10-3)4-8-5-9;1-5-8-7(4)6(2)3;1-5-7(6(2)3)9-8-4/h7-8H,4-5H2,1-3H3;6,8H,5H2,1-4H3;6-7H,4H2,1-3H3;6-7H,5H2,1-4H3;6-7H,5H2,1-4H3/t2*8-;3*7-/m00000/s1. The van der Waals surface area contributed by atoms with Crippen LogP contribution >= 0.6 is 123 Å². The molecular weight excluding hydrogens is 917 g/mol. The van der Waals surface area contributed by atoms with E-state index in [2.05, 4.69) is 151 Å². The van der Waals surface area contributed by atoms with E-state index in [0.717, 1.165) is 30.1 Å². The lowest BCUT2D eigenvalue weighted by Crippen LogP contribution is -2.21. The Kier molecular flexibility index (Phi) is 58.8. The highest BCUT2D eigenvalue weighted by molar-refractivity contribution is 8.77. The summed E-state index contributed by atoms with van der Waals surface area (Å²) in [6.45, 7) is 31.7. The lowest BCUT2D eigenvalue weighted by atomic mass is 10.1. The summed E-state index contributed by atoms with van der Waals surface area (Å²) < 4.78 is 14.9. The Hall–Kier alpha value is 1.65. The second-order valence-corrected chi connectivity index (χ2v) is 25.7.